The summed E-state index contributed by atoms with van der Waals surface area (Å²) in [5, 5.41) is 3.76. The van der Waals surface area contributed by atoms with Crippen molar-refractivity contribution in [3.8, 4) is 11.5 Å². The van der Waals surface area contributed by atoms with Gasteiger partial charge < -0.3 is 9.73 Å². The van der Waals surface area contributed by atoms with E-state index in [-0.39, 0.29) is 11.9 Å². The van der Waals surface area contributed by atoms with Crippen molar-refractivity contribution in [3.05, 3.63) is 53.1 Å². The van der Waals surface area contributed by atoms with E-state index >= 15 is 0 Å². The maximum Gasteiger partial charge on any atom is 0.251 e. The highest BCUT2D eigenvalue weighted by molar-refractivity contribution is 6.31. The predicted octanol–water partition coefficient (Wildman–Crippen LogP) is 5.21. The first-order valence-corrected chi connectivity index (χ1v) is 9.04. The van der Waals surface area contributed by atoms with Gasteiger partial charge in [0.05, 0.1) is 0 Å². The fraction of sp³-hybridized carbons (Fsp3) is 0.300. The van der Waals surface area contributed by atoms with Gasteiger partial charge in [0.25, 0.3) is 5.91 Å². The molecule has 1 aliphatic rings. The molecule has 3 aromatic rings. The van der Waals surface area contributed by atoms with Gasteiger partial charge >= 0.3 is 0 Å². The number of nitrogens with zero attached hydrogens (tertiary/aromatic N) is 1. The van der Waals surface area contributed by atoms with Crippen LogP contribution >= 0.6 is 11.6 Å². The first-order chi connectivity index (χ1) is 12.2. The number of hydrogen-bond acceptors (Lipinski definition) is 3. The molecular formula is C20H19ClN2O2. The molecule has 1 amide bonds. The summed E-state index contributed by atoms with van der Waals surface area (Å²) < 4.78 is 5.79. The summed E-state index contributed by atoms with van der Waals surface area (Å²) in [6, 6.07) is 13.0. The minimum absolute atomic E-state index is 0.0343. The first-order valence-electron chi connectivity index (χ1n) is 8.66. The van der Waals surface area contributed by atoms with E-state index < -0.39 is 0 Å². The van der Waals surface area contributed by atoms with E-state index in [4.69, 9.17) is 16.0 Å². The van der Waals surface area contributed by atoms with Crippen LogP contribution in [0.3, 0.4) is 0 Å². The van der Waals surface area contributed by atoms with Gasteiger partial charge in [0.2, 0.25) is 5.89 Å². The van der Waals surface area contributed by atoms with Crippen molar-refractivity contribution in [3.63, 3.8) is 0 Å². The molecule has 2 aromatic carbocycles. The first kappa shape index (κ1) is 16.2. The minimum atomic E-state index is -0.0343. The smallest absolute Gasteiger partial charge is 0.251 e. The van der Waals surface area contributed by atoms with E-state index in [1.807, 2.05) is 24.3 Å². The number of benzene rings is 2. The molecule has 0 spiro atoms. The Morgan fingerprint density at radius 3 is 2.80 bits per heavy atom. The largest absolute Gasteiger partial charge is 0.436 e. The van der Waals surface area contributed by atoms with Crippen LogP contribution in [0.4, 0.5) is 0 Å². The quantitative estimate of drug-likeness (QED) is 0.702. The maximum atomic E-state index is 12.5. The molecule has 1 heterocycles. The Kier molecular flexibility index (Phi) is 4.45. The van der Waals surface area contributed by atoms with Gasteiger partial charge in [-0.05, 0) is 49.2 Å². The fourth-order valence-electron chi connectivity index (χ4n) is 3.33. The van der Waals surface area contributed by atoms with E-state index in [2.05, 4.69) is 10.3 Å². The van der Waals surface area contributed by atoms with Crippen LogP contribution in [0.5, 0.6) is 0 Å². The molecule has 1 aromatic heterocycles. The number of aromatic nitrogens is 1. The minimum Gasteiger partial charge on any atom is -0.436 e. The molecule has 0 atom stereocenters. The molecule has 1 aliphatic carbocycles. The molecule has 0 radical (unpaired) electrons. The maximum absolute atomic E-state index is 12.5. The average molecular weight is 355 g/mol. The molecule has 0 saturated heterocycles. The van der Waals surface area contributed by atoms with E-state index in [1.165, 1.54) is 19.3 Å². The lowest BCUT2D eigenvalue weighted by Crippen LogP contribution is -2.36. The second-order valence-electron chi connectivity index (χ2n) is 6.52. The third-order valence-corrected chi connectivity index (χ3v) is 4.90. The van der Waals surface area contributed by atoms with Gasteiger partial charge in [-0.15, -0.1) is 0 Å². The predicted molar refractivity (Wildman–Crippen MR) is 98.8 cm³/mol. The van der Waals surface area contributed by atoms with Crippen molar-refractivity contribution in [2.45, 2.75) is 38.1 Å². The normalized spacial score (nSPS) is 15.4. The fourth-order valence-corrected chi connectivity index (χ4v) is 3.50. The molecule has 1 fully saturated rings. The van der Waals surface area contributed by atoms with Gasteiger partial charge in [0.1, 0.15) is 5.52 Å². The van der Waals surface area contributed by atoms with Crippen LogP contribution in [0.1, 0.15) is 42.5 Å². The van der Waals surface area contributed by atoms with E-state index in [9.17, 15) is 4.79 Å². The van der Waals surface area contributed by atoms with Crippen LogP contribution in [-0.4, -0.2) is 16.9 Å². The third kappa shape index (κ3) is 3.54. The number of carbonyl (C=O) groups is 1. The van der Waals surface area contributed by atoms with Gasteiger partial charge in [-0.3, -0.25) is 4.79 Å². The van der Waals surface area contributed by atoms with Crippen LogP contribution in [0.25, 0.3) is 22.6 Å². The van der Waals surface area contributed by atoms with Crippen molar-refractivity contribution in [2.24, 2.45) is 0 Å². The number of oxazole rings is 1. The Bertz CT molecular complexity index is 913. The SMILES string of the molecule is O=C(NC1CCCCC1)c1cccc(-c2nc3cc(Cl)ccc3o2)c1. The van der Waals surface area contributed by atoms with Gasteiger partial charge in [0, 0.05) is 22.2 Å². The van der Waals surface area contributed by atoms with Crippen molar-refractivity contribution in [1.82, 2.24) is 10.3 Å². The van der Waals surface area contributed by atoms with Crippen LogP contribution in [0.2, 0.25) is 5.02 Å². The van der Waals surface area contributed by atoms with Crippen LogP contribution in [0.15, 0.2) is 46.9 Å². The number of fused-ring (bicyclic) bond motifs is 1. The lowest BCUT2D eigenvalue weighted by atomic mass is 9.95. The zero-order valence-corrected chi connectivity index (χ0v) is 14.6. The van der Waals surface area contributed by atoms with E-state index in [0.717, 1.165) is 18.4 Å². The van der Waals surface area contributed by atoms with Crippen LogP contribution in [-0.2, 0) is 0 Å². The highest BCUT2D eigenvalue weighted by Crippen LogP contribution is 2.27. The van der Waals surface area contributed by atoms with Crippen LogP contribution < -0.4 is 5.32 Å². The van der Waals surface area contributed by atoms with Crippen molar-refractivity contribution >= 4 is 28.6 Å². The van der Waals surface area contributed by atoms with Gasteiger partial charge in [-0.2, -0.15) is 0 Å². The second kappa shape index (κ2) is 6.89. The Balaban J connectivity index is 1.58. The number of rotatable bonds is 3. The summed E-state index contributed by atoms with van der Waals surface area (Å²) in [5.74, 6) is 0.456. The molecule has 128 valence electrons. The molecule has 1 saturated carbocycles. The number of halogens is 1. The molecule has 5 heteroatoms. The summed E-state index contributed by atoms with van der Waals surface area (Å²) in [6.45, 7) is 0. The molecule has 1 N–H and O–H groups in total. The molecule has 0 aliphatic heterocycles. The van der Waals surface area contributed by atoms with Gasteiger partial charge in [-0.25, -0.2) is 4.98 Å². The molecule has 0 unspecified atom stereocenters. The number of nitrogens with one attached hydrogen (secondary N) is 1. The third-order valence-electron chi connectivity index (χ3n) is 4.66. The highest BCUT2D eigenvalue weighted by Gasteiger charge is 2.17. The molecule has 4 rings (SSSR count). The summed E-state index contributed by atoms with van der Waals surface area (Å²) in [4.78, 5) is 17.0. The summed E-state index contributed by atoms with van der Waals surface area (Å²) in [5.41, 5.74) is 2.79. The monoisotopic (exact) mass is 354 g/mol. The standard InChI is InChI=1S/C20H19ClN2O2/c21-15-9-10-18-17(12-15)23-20(25-18)14-6-4-5-13(11-14)19(24)22-16-7-2-1-3-8-16/h4-6,9-12,16H,1-3,7-8H2,(H,22,24). The summed E-state index contributed by atoms with van der Waals surface area (Å²) >= 11 is 6.00. The van der Waals surface area contributed by atoms with Crippen molar-refractivity contribution in [2.75, 3.05) is 0 Å². The zero-order valence-electron chi connectivity index (χ0n) is 13.8. The lowest BCUT2D eigenvalue weighted by Gasteiger charge is -2.22. The Hall–Kier alpha value is -2.33. The van der Waals surface area contributed by atoms with Gasteiger partial charge in [-0.1, -0.05) is 36.9 Å². The molecular weight excluding hydrogens is 336 g/mol. The van der Waals surface area contributed by atoms with Crippen molar-refractivity contribution < 1.29 is 9.21 Å². The Labute approximate surface area is 151 Å². The number of carbonyl (C=O) groups excluding carboxylic acids is 1. The van der Waals surface area contributed by atoms with Crippen LogP contribution in [0, 0.1) is 0 Å². The molecule has 4 nitrogen and oxygen atoms in total. The Morgan fingerprint density at radius 1 is 1.12 bits per heavy atom. The van der Waals surface area contributed by atoms with Gasteiger partial charge in [0.15, 0.2) is 5.58 Å². The summed E-state index contributed by atoms with van der Waals surface area (Å²) in [7, 11) is 0. The Morgan fingerprint density at radius 2 is 1.96 bits per heavy atom. The molecule has 25 heavy (non-hydrogen) atoms. The van der Waals surface area contributed by atoms with E-state index in [0.29, 0.717) is 27.6 Å². The van der Waals surface area contributed by atoms with E-state index in [1.54, 1.807) is 18.2 Å². The average Bonchev–Trinajstić information content (AvgIpc) is 3.06. The highest BCUT2D eigenvalue weighted by atomic mass is 35.5. The number of hydrogen-bond donors (Lipinski definition) is 1. The van der Waals surface area contributed by atoms with Crippen molar-refractivity contribution in [1.29, 1.82) is 0 Å². The summed E-state index contributed by atoms with van der Waals surface area (Å²) in [6.07, 6.45) is 5.78. The lowest BCUT2D eigenvalue weighted by molar-refractivity contribution is 0.0928. The zero-order chi connectivity index (χ0) is 17.2. The number of amides is 1. The molecule has 0 bridgehead atoms. The second-order valence-corrected chi connectivity index (χ2v) is 6.96. The topological polar surface area (TPSA) is 55.1 Å².